The standard InChI is InChI=1S/C10H12F/c1-10(2,3)8-6-4-5-7-9(8)11/h4-5,7H,1-3H3. The molecule has 0 amide bonds. The van der Waals surface area contributed by atoms with Crippen LogP contribution in [0.1, 0.15) is 26.3 Å². The molecular formula is C10H12F. The zero-order valence-corrected chi connectivity index (χ0v) is 7.11. The number of benzene rings is 1. The van der Waals surface area contributed by atoms with Crippen LogP contribution < -0.4 is 0 Å². The normalized spacial score (nSPS) is 11.6. The summed E-state index contributed by atoms with van der Waals surface area (Å²) in [6.07, 6.45) is 0. The first-order valence-corrected chi connectivity index (χ1v) is 3.68. The molecule has 0 saturated heterocycles. The van der Waals surface area contributed by atoms with Crippen molar-refractivity contribution in [2.75, 3.05) is 0 Å². The van der Waals surface area contributed by atoms with Crippen LogP contribution in [0.5, 0.6) is 0 Å². The van der Waals surface area contributed by atoms with E-state index in [2.05, 4.69) is 6.07 Å². The highest BCUT2D eigenvalue weighted by atomic mass is 19.1. The zero-order valence-electron chi connectivity index (χ0n) is 7.11. The molecule has 0 nitrogen and oxygen atoms in total. The summed E-state index contributed by atoms with van der Waals surface area (Å²) in [6, 6.07) is 7.77. The molecule has 0 unspecified atom stereocenters. The average molecular weight is 151 g/mol. The topological polar surface area (TPSA) is 0 Å². The van der Waals surface area contributed by atoms with Crippen molar-refractivity contribution in [1.82, 2.24) is 0 Å². The Labute approximate surface area is 67.1 Å². The highest BCUT2D eigenvalue weighted by molar-refractivity contribution is 5.22. The largest absolute Gasteiger partial charge is 0.207 e. The van der Waals surface area contributed by atoms with E-state index in [1.165, 1.54) is 6.07 Å². The van der Waals surface area contributed by atoms with Gasteiger partial charge in [0, 0.05) is 5.56 Å². The monoisotopic (exact) mass is 151 g/mol. The Kier molecular flexibility index (Phi) is 1.99. The van der Waals surface area contributed by atoms with Crippen LogP contribution in [0.25, 0.3) is 0 Å². The van der Waals surface area contributed by atoms with Gasteiger partial charge in [0.1, 0.15) is 5.82 Å². The lowest BCUT2D eigenvalue weighted by Gasteiger charge is -2.18. The molecule has 0 saturated carbocycles. The van der Waals surface area contributed by atoms with Crippen molar-refractivity contribution in [3.8, 4) is 0 Å². The molecule has 59 valence electrons. The molecule has 0 bridgehead atoms. The van der Waals surface area contributed by atoms with Crippen LogP contribution in [-0.2, 0) is 5.41 Å². The number of hydrogen-bond donors (Lipinski definition) is 0. The highest BCUT2D eigenvalue weighted by Gasteiger charge is 2.17. The number of rotatable bonds is 0. The van der Waals surface area contributed by atoms with Crippen LogP contribution in [0.3, 0.4) is 0 Å². The molecule has 0 aliphatic heterocycles. The smallest absolute Gasteiger partial charge is 0.127 e. The van der Waals surface area contributed by atoms with E-state index in [1.54, 1.807) is 12.1 Å². The lowest BCUT2D eigenvalue weighted by atomic mass is 9.87. The summed E-state index contributed by atoms with van der Waals surface area (Å²) in [7, 11) is 0. The third kappa shape index (κ3) is 1.79. The molecular weight excluding hydrogens is 139 g/mol. The van der Waals surface area contributed by atoms with E-state index >= 15 is 0 Å². The number of halogens is 1. The van der Waals surface area contributed by atoms with Crippen molar-refractivity contribution in [3.05, 3.63) is 35.6 Å². The van der Waals surface area contributed by atoms with Crippen molar-refractivity contribution in [1.29, 1.82) is 0 Å². The quantitative estimate of drug-likeness (QED) is 0.534. The van der Waals surface area contributed by atoms with Crippen molar-refractivity contribution in [2.24, 2.45) is 0 Å². The fourth-order valence-electron chi connectivity index (χ4n) is 0.991. The molecule has 0 aromatic heterocycles. The second-order valence-electron chi connectivity index (χ2n) is 3.64. The van der Waals surface area contributed by atoms with Gasteiger partial charge in [0.25, 0.3) is 0 Å². The van der Waals surface area contributed by atoms with Crippen LogP contribution >= 0.6 is 0 Å². The predicted molar refractivity (Wildman–Crippen MR) is 43.9 cm³/mol. The highest BCUT2D eigenvalue weighted by Crippen LogP contribution is 2.23. The van der Waals surface area contributed by atoms with Crippen LogP contribution in [0.2, 0.25) is 0 Å². The third-order valence-corrected chi connectivity index (χ3v) is 1.56. The van der Waals surface area contributed by atoms with Crippen molar-refractivity contribution in [2.45, 2.75) is 26.2 Å². The first-order chi connectivity index (χ1) is 5.02. The molecule has 0 aliphatic carbocycles. The molecule has 0 spiro atoms. The minimum absolute atomic E-state index is 0.147. The van der Waals surface area contributed by atoms with Gasteiger partial charge in [-0.3, -0.25) is 0 Å². The molecule has 1 aromatic carbocycles. The minimum Gasteiger partial charge on any atom is -0.207 e. The van der Waals surface area contributed by atoms with Crippen molar-refractivity contribution >= 4 is 0 Å². The minimum atomic E-state index is -0.167. The van der Waals surface area contributed by atoms with Crippen molar-refractivity contribution in [3.63, 3.8) is 0 Å². The predicted octanol–water partition coefficient (Wildman–Crippen LogP) is 2.92. The first kappa shape index (κ1) is 8.25. The fraction of sp³-hybridized carbons (Fsp3) is 0.400. The Hall–Kier alpha value is -0.850. The summed E-state index contributed by atoms with van der Waals surface area (Å²) in [4.78, 5) is 0. The van der Waals surface area contributed by atoms with E-state index in [1.807, 2.05) is 20.8 Å². The Morgan fingerprint density at radius 3 is 2.36 bits per heavy atom. The van der Waals surface area contributed by atoms with Gasteiger partial charge in [-0.1, -0.05) is 32.9 Å². The van der Waals surface area contributed by atoms with E-state index < -0.39 is 0 Å². The average Bonchev–Trinajstić information content (AvgIpc) is 1.86. The Morgan fingerprint density at radius 1 is 1.36 bits per heavy atom. The first-order valence-electron chi connectivity index (χ1n) is 3.68. The van der Waals surface area contributed by atoms with E-state index in [9.17, 15) is 4.39 Å². The lowest BCUT2D eigenvalue weighted by Crippen LogP contribution is -2.13. The molecule has 0 aliphatic rings. The SMILES string of the molecule is CC(C)(C)c1[c]cccc1F. The Morgan fingerprint density at radius 2 is 2.00 bits per heavy atom. The molecule has 0 atom stereocenters. The maximum absolute atomic E-state index is 13.1. The van der Waals surface area contributed by atoms with Crippen LogP contribution in [0.4, 0.5) is 4.39 Å². The van der Waals surface area contributed by atoms with Crippen LogP contribution in [-0.4, -0.2) is 0 Å². The van der Waals surface area contributed by atoms with Gasteiger partial charge in [-0.2, -0.15) is 0 Å². The van der Waals surface area contributed by atoms with Gasteiger partial charge in [-0.25, -0.2) is 4.39 Å². The zero-order chi connectivity index (χ0) is 8.48. The summed E-state index contributed by atoms with van der Waals surface area (Å²) in [6.45, 7) is 5.92. The molecule has 1 radical (unpaired) electrons. The summed E-state index contributed by atoms with van der Waals surface area (Å²) < 4.78 is 13.1. The summed E-state index contributed by atoms with van der Waals surface area (Å²) >= 11 is 0. The molecule has 1 aromatic rings. The second-order valence-corrected chi connectivity index (χ2v) is 3.64. The second kappa shape index (κ2) is 2.65. The van der Waals surface area contributed by atoms with Gasteiger partial charge in [0.05, 0.1) is 0 Å². The molecule has 11 heavy (non-hydrogen) atoms. The van der Waals surface area contributed by atoms with E-state index in [-0.39, 0.29) is 11.2 Å². The molecule has 1 heteroatoms. The Balaban J connectivity index is 3.14. The summed E-state index contributed by atoms with van der Waals surface area (Å²) in [5, 5.41) is 0. The maximum atomic E-state index is 13.1. The van der Waals surface area contributed by atoms with Gasteiger partial charge in [0.2, 0.25) is 0 Å². The number of hydrogen-bond acceptors (Lipinski definition) is 0. The molecule has 0 fully saturated rings. The lowest BCUT2D eigenvalue weighted by molar-refractivity contribution is 0.522. The van der Waals surface area contributed by atoms with E-state index in [0.717, 1.165) is 0 Å². The molecule has 0 heterocycles. The third-order valence-electron chi connectivity index (χ3n) is 1.56. The summed E-state index contributed by atoms with van der Waals surface area (Å²) in [5.41, 5.74) is 0.505. The van der Waals surface area contributed by atoms with E-state index in [0.29, 0.717) is 5.56 Å². The van der Waals surface area contributed by atoms with Gasteiger partial charge in [0.15, 0.2) is 0 Å². The fourth-order valence-corrected chi connectivity index (χ4v) is 0.991. The molecule has 0 N–H and O–H groups in total. The van der Waals surface area contributed by atoms with Crippen molar-refractivity contribution < 1.29 is 4.39 Å². The molecule has 1 rings (SSSR count). The maximum Gasteiger partial charge on any atom is 0.127 e. The Bertz CT molecular complexity index is 245. The van der Waals surface area contributed by atoms with E-state index in [4.69, 9.17) is 0 Å². The van der Waals surface area contributed by atoms with Crippen LogP contribution in [0.15, 0.2) is 18.2 Å². The van der Waals surface area contributed by atoms with Gasteiger partial charge < -0.3 is 0 Å². The van der Waals surface area contributed by atoms with Gasteiger partial charge >= 0.3 is 0 Å². The van der Waals surface area contributed by atoms with Gasteiger partial charge in [-0.15, -0.1) is 0 Å². The summed E-state index contributed by atoms with van der Waals surface area (Å²) in [5.74, 6) is -0.167. The van der Waals surface area contributed by atoms with Crippen LogP contribution in [0, 0.1) is 11.9 Å². The van der Waals surface area contributed by atoms with Gasteiger partial charge in [-0.05, 0) is 17.5 Å².